The van der Waals surface area contributed by atoms with Crippen LogP contribution in [0.5, 0.6) is 0 Å². The van der Waals surface area contributed by atoms with Gasteiger partial charge >= 0.3 is 5.97 Å². The molecular weight excluding hydrogens is 416 g/mol. The molecule has 0 aromatic rings. The molecule has 0 N–H and O–H groups in total. The Morgan fingerprint density at radius 3 is 2.62 bits per heavy atom. The minimum Gasteiger partial charge on any atom is -0.462 e. The molecule has 0 unspecified atom stereocenters. The van der Waals surface area contributed by atoms with E-state index >= 15 is 0 Å². The number of rotatable bonds is 9. The summed E-state index contributed by atoms with van der Waals surface area (Å²) in [6.45, 7) is 19.8. The van der Waals surface area contributed by atoms with E-state index in [9.17, 15) is 4.79 Å². The zero-order chi connectivity index (χ0) is 24.9. The number of fused-ring (bicyclic) bond motifs is 1. The maximum absolute atomic E-state index is 11.6. The van der Waals surface area contributed by atoms with Crippen molar-refractivity contribution in [2.24, 2.45) is 29.1 Å². The highest BCUT2D eigenvalue weighted by Gasteiger charge is 2.50. The Morgan fingerprint density at radius 1 is 1.18 bits per heavy atom. The maximum Gasteiger partial charge on any atom is 0.302 e. The van der Waals surface area contributed by atoms with E-state index in [1.165, 1.54) is 75.0 Å². The van der Waals surface area contributed by atoms with Gasteiger partial charge in [0.1, 0.15) is 6.10 Å². The van der Waals surface area contributed by atoms with Crippen molar-refractivity contribution in [2.75, 3.05) is 0 Å². The SMILES string of the molecule is C=CCC(/C=C1\CCC[C@]2(C)[C@@H]([C@H](C)CCCC(C)C)CC[C@@H]12)=C1\C[C@@H](OC(C)=O)CCC1=C. The first-order valence-corrected chi connectivity index (χ1v) is 14.0. The fraction of sp³-hybridized carbons (Fsp3) is 0.719. The van der Waals surface area contributed by atoms with Gasteiger partial charge in [0.25, 0.3) is 0 Å². The van der Waals surface area contributed by atoms with Crippen LogP contribution in [-0.4, -0.2) is 12.1 Å². The zero-order valence-corrected chi connectivity index (χ0v) is 22.8. The largest absolute Gasteiger partial charge is 0.462 e. The molecule has 0 aliphatic heterocycles. The lowest BCUT2D eigenvalue weighted by Gasteiger charge is -2.44. The van der Waals surface area contributed by atoms with Crippen LogP contribution < -0.4 is 0 Å². The van der Waals surface area contributed by atoms with E-state index in [1.807, 2.05) is 6.08 Å². The van der Waals surface area contributed by atoms with Gasteiger partial charge in [0.15, 0.2) is 0 Å². The van der Waals surface area contributed by atoms with Gasteiger partial charge in [-0.15, -0.1) is 6.58 Å². The van der Waals surface area contributed by atoms with E-state index in [0.29, 0.717) is 11.3 Å². The van der Waals surface area contributed by atoms with Gasteiger partial charge in [0.2, 0.25) is 0 Å². The van der Waals surface area contributed by atoms with Crippen LogP contribution >= 0.6 is 0 Å². The molecule has 0 aromatic carbocycles. The molecule has 34 heavy (non-hydrogen) atoms. The van der Waals surface area contributed by atoms with Crippen molar-refractivity contribution >= 4 is 5.97 Å². The number of carbonyl (C=O) groups excluding carboxylic acids is 1. The van der Waals surface area contributed by atoms with Crippen molar-refractivity contribution in [3.63, 3.8) is 0 Å². The van der Waals surface area contributed by atoms with Gasteiger partial charge in [-0.05, 0) is 91.6 Å². The molecule has 0 bridgehead atoms. The van der Waals surface area contributed by atoms with E-state index in [4.69, 9.17) is 4.74 Å². The highest BCUT2D eigenvalue weighted by Crippen LogP contribution is 2.60. The Kier molecular flexibility index (Phi) is 9.47. The van der Waals surface area contributed by atoms with E-state index in [-0.39, 0.29) is 12.1 Å². The van der Waals surface area contributed by atoms with Gasteiger partial charge < -0.3 is 4.74 Å². The first-order chi connectivity index (χ1) is 16.2. The third kappa shape index (κ3) is 6.35. The molecule has 0 amide bonds. The summed E-state index contributed by atoms with van der Waals surface area (Å²) in [6, 6.07) is 0. The van der Waals surface area contributed by atoms with E-state index in [1.54, 1.807) is 5.57 Å². The van der Waals surface area contributed by atoms with Gasteiger partial charge in [0, 0.05) is 13.3 Å². The molecule has 190 valence electrons. The van der Waals surface area contributed by atoms with Crippen molar-refractivity contribution in [1.82, 2.24) is 0 Å². The molecule has 0 radical (unpaired) electrons. The van der Waals surface area contributed by atoms with Crippen LogP contribution in [-0.2, 0) is 9.53 Å². The summed E-state index contributed by atoms with van der Waals surface area (Å²) < 4.78 is 5.60. The fourth-order valence-electron chi connectivity index (χ4n) is 7.54. The molecule has 0 spiro atoms. The number of esters is 1. The van der Waals surface area contributed by atoms with Gasteiger partial charge in [-0.1, -0.05) is 76.8 Å². The normalized spacial score (nSPS) is 33.1. The summed E-state index contributed by atoms with van der Waals surface area (Å²) in [4.78, 5) is 11.6. The van der Waals surface area contributed by atoms with Crippen LogP contribution in [0.25, 0.3) is 0 Å². The van der Waals surface area contributed by atoms with Crippen molar-refractivity contribution in [2.45, 2.75) is 118 Å². The molecular formula is C32H50O2. The lowest BCUT2D eigenvalue weighted by molar-refractivity contribution is -0.146. The molecule has 3 aliphatic rings. The Hall–Kier alpha value is -1.57. The Labute approximate surface area is 210 Å². The average molecular weight is 467 g/mol. The summed E-state index contributed by atoms with van der Waals surface area (Å²) in [6.07, 6.45) is 18.8. The molecule has 5 atom stereocenters. The molecule has 2 nitrogen and oxygen atoms in total. The lowest BCUT2D eigenvalue weighted by atomic mass is 9.60. The number of hydrogen-bond acceptors (Lipinski definition) is 2. The van der Waals surface area contributed by atoms with Gasteiger partial charge in [-0.3, -0.25) is 4.79 Å². The molecule has 3 saturated carbocycles. The highest BCUT2D eigenvalue weighted by atomic mass is 16.5. The minimum absolute atomic E-state index is 0.0182. The van der Waals surface area contributed by atoms with Gasteiger partial charge in [-0.25, -0.2) is 0 Å². The van der Waals surface area contributed by atoms with Crippen LogP contribution in [0.1, 0.15) is 112 Å². The number of hydrogen-bond donors (Lipinski definition) is 0. The maximum atomic E-state index is 11.6. The van der Waals surface area contributed by atoms with Gasteiger partial charge in [0.05, 0.1) is 0 Å². The smallest absolute Gasteiger partial charge is 0.302 e. The van der Waals surface area contributed by atoms with Crippen LogP contribution in [0, 0.1) is 29.1 Å². The topological polar surface area (TPSA) is 26.3 Å². The lowest BCUT2D eigenvalue weighted by Crippen LogP contribution is -2.36. The number of ether oxygens (including phenoxy) is 1. The second-order valence-electron chi connectivity index (χ2n) is 12.2. The van der Waals surface area contributed by atoms with Crippen molar-refractivity contribution in [1.29, 1.82) is 0 Å². The molecule has 3 fully saturated rings. The predicted octanol–water partition coefficient (Wildman–Crippen LogP) is 9.14. The van der Waals surface area contributed by atoms with E-state index in [0.717, 1.165) is 43.4 Å². The van der Waals surface area contributed by atoms with Crippen LogP contribution in [0.15, 0.2) is 47.6 Å². The van der Waals surface area contributed by atoms with Crippen LogP contribution in [0.4, 0.5) is 0 Å². The Bertz CT molecular complexity index is 813. The third-order valence-corrected chi connectivity index (χ3v) is 9.24. The number of allylic oxidation sites excluding steroid dienone is 5. The summed E-state index contributed by atoms with van der Waals surface area (Å²) >= 11 is 0. The Morgan fingerprint density at radius 2 is 1.94 bits per heavy atom. The number of carbonyl (C=O) groups is 1. The minimum atomic E-state index is -0.178. The van der Waals surface area contributed by atoms with Gasteiger partial charge in [-0.2, -0.15) is 0 Å². The van der Waals surface area contributed by atoms with Crippen LogP contribution in [0.3, 0.4) is 0 Å². The Balaban J connectivity index is 1.83. The summed E-state index contributed by atoms with van der Waals surface area (Å²) in [5.74, 6) is 3.02. The predicted molar refractivity (Wildman–Crippen MR) is 144 cm³/mol. The molecule has 0 aromatic heterocycles. The first kappa shape index (κ1) is 27.0. The van der Waals surface area contributed by atoms with Crippen LogP contribution in [0.2, 0.25) is 0 Å². The van der Waals surface area contributed by atoms with Crippen molar-refractivity contribution in [3.8, 4) is 0 Å². The van der Waals surface area contributed by atoms with Crippen molar-refractivity contribution < 1.29 is 9.53 Å². The molecule has 3 rings (SSSR count). The zero-order valence-electron chi connectivity index (χ0n) is 22.8. The second kappa shape index (κ2) is 11.9. The highest BCUT2D eigenvalue weighted by molar-refractivity contribution is 5.66. The summed E-state index contributed by atoms with van der Waals surface area (Å²) in [7, 11) is 0. The fourth-order valence-corrected chi connectivity index (χ4v) is 7.54. The van der Waals surface area contributed by atoms with E-state index < -0.39 is 0 Å². The molecule has 3 aliphatic carbocycles. The van der Waals surface area contributed by atoms with Crippen molar-refractivity contribution in [3.05, 3.63) is 47.6 Å². The summed E-state index contributed by atoms with van der Waals surface area (Å²) in [5, 5.41) is 0. The monoisotopic (exact) mass is 466 g/mol. The second-order valence-corrected chi connectivity index (χ2v) is 12.2. The molecule has 0 heterocycles. The standard InChI is InChI=1S/C32H50O2/c1-8-11-26(29-21-28(34-25(6)33)16-15-23(29)4)20-27-14-10-19-32(7)30(17-18-31(27)32)24(5)13-9-12-22(2)3/h8,20,22,24,28,30-31H,1,4,9-19,21H2,2-3,5-7H3/b27-20+,29-26-/t24-,28+,30-,31+,32-/m1/s1. The molecule has 2 heteroatoms. The first-order valence-electron chi connectivity index (χ1n) is 14.0. The van der Waals surface area contributed by atoms with E-state index in [2.05, 4.69) is 46.9 Å². The average Bonchev–Trinajstić information content (AvgIpc) is 3.12. The third-order valence-electron chi connectivity index (χ3n) is 9.24. The molecule has 0 saturated heterocycles. The quantitative estimate of drug-likeness (QED) is 0.250. The summed E-state index contributed by atoms with van der Waals surface area (Å²) in [5.41, 5.74) is 6.00.